The standard InChI is InChI=1S/C26H38N2O5S/c1-3-11-18(2)27-15-10-13-26-21(20-19(34-26)12-6-9-17-33-25(20)32)23(30)28(22(26)24(27)31)14-7-4-5-8-16-29/h6,10,12-13,18-22,29H,3-5,7-9,11,14-17H2,1-2H3/t18?,19-,20+,21+,22?,26+/m1/s1. The van der Waals surface area contributed by atoms with Crippen LogP contribution in [0.25, 0.3) is 0 Å². The largest absolute Gasteiger partial charge is 0.465 e. The summed E-state index contributed by atoms with van der Waals surface area (Å²) in [6.45, 7) is 5.71. The molecule has 188 valence electrons. The summed E-state index contributed by atoms with van der Waals surface area (Å²) in [4.78, 5) is 44.8. The van der Waals surface area contributed by atoms with E-state index in [1.807, 2.05) is 23.1 Å². The Hall–Kier alpha value is -1.80. The first-order valence-electron chi connectivity index (χ1n) is 12.9. The molecule has 2 unspecified atom stereocenters. The minimum absolute atomic E-state index is 0.00345. The van der Waals surface area contributed by atoms with Gasteiger partial charge in [0.15, 0.2) is 0 Å². The van der Waals surface area contributed by atoms with Gasteiger partial charge in [-0.2, -0.15) is 0 Å². The van der Waals surface area contributed by atoms with Gasteiger partial charge in [0.1, 0.15) is 6.04 Å². The molecule has 2 fully saturated rings. The topological polar surface area (TPSA) is 87.2 Å². The molecule has 4 aliphatic rings. The molecule has 0 aromatic rings. The molecule has 8 heteroatoms. The number of thioether (sulfide) groups is 1. The van der Waals surface area contributed by atoms with E-state index in [1.54, 1.807) is 16.7 Å². The fourth-order valence-electron chi connectivity index (χ4n) is 6.08. The number of rotatable bonds is 9. The van der Waals surface area contributed by atoms with E-state index in [4.69, 9.17) is 9.84 Å². The molecule has 34 heavy (non-hydrogen) atoms. The molecular formula is C26H38N2O5S. The van der Waals surface area contributed by atoms with E-state index in [0.29, 0.717) is 26.1 Å². The van der Waals surface area contributed by atoms with Crippen LogP contribution in [-0.2, 0) is 19.1 Å². The normalized spacial score (nSPS) is 33.7. The minimum atomic E-state index is -0.761. The molecule has 6 atom stereocenters. The average Bonchev–Trinajstić information content (AvgIpc) is 3.17. The van der Waals surface area contributed by atoms with Gasteiger partial charge in [-0.15, -0.1) is 11.8 Å². The Morgan fingerprint density at radius 3 is 2.74 bits per heavy atom. The first-order chi connectivity index (χ1) is 16.5. The summed E-state index contributed by atoms with van der Waals surface area (Å²) >= 11 is 1.60. The van der Waals surface area contributed by atoms with Crippen LogP contribution in [0, 0.1) is 11.8 Å². The highest BCUT2D eigenvalue weighted by atomic mass is 32.2. The number of carbonyl (C=O) groups is 3. The maximum atomic E-state index is 14.1. The lowest BCUT2D eigenvalue weighted by molar-refractivity contribution is -0.153. The van der Waals surface area contributed by atoms with E-state index in [-0.39, 0.29) is 35.7 Å². The van der Waals surface area contributed by atoms with Crippen molar-refractivity contribution in [1.29, 1.82) is 0 Å². The van der Waals surface area contributed by atoms with E-state index in [1.165, 1.54) is 0 Å². The van der Waals surface area contributed by atoms with Crippen molar-refractivity contribution in [1.82, 2.24) is 9.80 Å². The number of nitrogens with zero attached hydrogens (tertiary/aromatic N) is 2. The molecule has 0 bridgehead atoms. The van der Waals surface area contributed by atoms with Gasteiger partial charge in [0.05, 0.1) is 23.2 Å². The van der Waals surface area contributed by atoms with Crippen LogP contribution in [0.1, 0.15) is 58.8 Å². The minimum Gasteiger partial charge on any atom is -0.465 e. The van der Waals surface area contributed by atoms with Crippen LogP contribution in [0.5, 0.6) is 0 Å². The molecule has 4 aliphatic heterocycles. The molecule has 0 aliphatic carbocycles. The first kappa shape index (κ1) is 25.3. The van der Waals surface area contributed by atoms with Crippen LogP contribution in [0.4, 0.5) is 0 Å². The van der Waals surface area contributed by atoms with Crippen molar-refractivity contribution in [3.63, 3.8) is 0 Å². The van der Waals surface area contributed by atoms with Gasteiger partial charge in [0.25, 0.3) is 0 Å². The van der Waals surface area contributed by atoms with E-state index >= 15 is 0 Å². The number of unbranched alkanes of at least 4 members (excludes halogenated alkanes) is 3. The average molecular weight is 491 g/mol. The first-order valence-corrected chi connectivity index (χ1v) is 13.7. The quantitative estimate of drug-likeness (QED) is 0.304. The summed E-state index contributed by atoms with van der Waals surface area (Å²) in [5, 5.41) is 8.90. The van der Waals surface area contributed by atoms with Crippen molar-refractivity contribution in [2.24, 2.45) is 11.8 Å². The maximum absolute atomic E-state index is 14.1. The molecule has 7 nitrogen and oxygen atoms in total. The molecule has 0 aromatic heterocycles. The highest BCUT2D eigenvalue weighted by molar-refractivity contribution is 8.02. The highest BCUT2D eigenvalue weighted by Crippen LogP contribution is 2.60. The van der Waals surface area contributed by atoms with Crippen LogP contribution in [0.15, 0.2) is 24.3 Å². The Morgan fingerprint density at radius 1 is 1.18 bits per heavy atom. The zero-order valence-electron chi connectivity index (χ0n) is 20.4. The molecule has 0 aromatic carbocycles. The van der Waals surface area contributed by atoms with E-state index in [0.717, 1.165) is 38.5 Å². The lowest BCUT2D eigenvalue weighted by Gasteiger charge is -2.37. The number of aliphatic hydroxyl groups is 1. The monoisotopic (exact) mass is 490 g/mol. The third-order valence-corrected chi connectivity index (χ3v) is 9.44. The maximum Gasteiger partial charge on any atom is 0.311 e. The number of likely N-dealkylation sites (tertiary alicyclic amines) is 1. The number of hydrogen-bond acceptors (Lipinski definition) is 6. The van der Waals surface area contributed by atoms with Crippen molar-refractivity contribution in [2.75, 3.05) is 26.3 Å². The highest BCUT2D eigenvalue weighted by Gasteiger charge is 2.70. The van der Waals surface area contributed by atoms with Gasteiger partial charge in [0.2, 0.25) is 11.8 Å². The molecular weight excluding hydrogens is 452 g/mol. The molecule has 4 rings (SSSR count). The van der Waals surface area contributed by atoms with Gasteiger partial charge >= 0.3 is 5.97 Å². The van der Waals surface area contributed by atoms with Crippen molar-refractivity contribution in [2.45, 2.75) is 80.9 Å². The summed E-state index contributed by atoms with van der Waals surface area (Å²) in [7, 11) is 0. The van der Waals surface area contributed by atoms with Crippen LogP contribution in [0.3, 0.4) is 0 Å². The third-order valence-electron chi connectivity index (χ3n) is 7.70. The number of hydrogen-bond donors (Lipinski definition) is 1. The van der Waals surface area contributed by atoms with Gasteiger partial charge < -0.3 is 19.6 Å². The number of carbonyl (C=O) groups excluding carboxylic acids is 3. The number of amides is 2. The Bertz CT molecular complexity index is 845. The van der Waals surface area contributed by atoms with Crippen LogP contribution in [0.2, 0.25) is 0 Å². The van der Waals surface area contributed by atoms with Crippen molar-refractivity contribution >= 4 is 29.5 Å². The fraction of sp³-hybridized carbons (Fsp3) is 0.731. The fourth-order valence-corrected chi connectivity index (χ4v) is 8.08. The second kappa shape index (κ2) is 10.9. The zero-order chi connectivity index (χ0) is 24.3. The van der Waals surface area contributed by atoms with Crippen molar-refractivity contribution in [3.05, 3.63) is 24.3 Å². The summed E-state index contributed by atoms with van der Waals surface area (Å²) < 4.78 is 4.76. The van der Waals surface area contributed by atoms with Crippen LogP contribution in [-0.4, -0.2) is 81.1 Å². The SMILES string of the molecule is CCCC(C)N1CC=C[C@]23S[C@@H]4C=CCCOC(=O)[C@@H]4[C@H]2C(=O)N(CCCCCCO)C3C1=O. The number of fused-ring (bicyclic) bond motifs is 2. The predicted molar refractivity (Wildman–Crippen MR) is 132 cm³/mol. The molecule has 0 saturated carbocycles. The lowest BCUT2D eigenvalue weighted by Crippen LogP contribution is -2.55. The van der Waals surface area contributed by atoms with Crippen molar-refractivity contribution < 1.29 is 24.2 Å². The van der Waals surface area contributed by atoms with E-state index in [2.05, 4.69) is 19.9 Å². The Morgan fingerprint density at radius 2 is 1.97 bits per heavy atom. The number of cyclic esters (lactones) is 1. The van der Waals surface area contributed by atoms with E-state index < -0.39 is 22.6 Å². The van der Waals surface area contributed by atoms with Gasteiger partial charge in [-0.3, -0.25) is 14.4 Å². The Balaban J connectivity index is 1.70. The molecule has 1 N–H and O–H groups in total. The molecule has 1 spiro atoms. The lowest BCUT2D eigenvalue weighted by atomic mass is 9.78. The zero-order valence-corrected chi connectivity index (χ0v) is 21.2. The second-order valence-corrected chi connectivity index (χ2v) is 11.4. The number of ether oxygens (including phenoxy) is 1. The van der Waals surface area contributed by atoms with Crippen LogP contribution >= 0.6 is 11.8 Å². The van der Waals surface area contributed by atoms with Gasteiger partial charge in [0, 0.05) is 31.0 Å². The van der Waals surface area contributed by atoms with Crippen LogP contribution < -0.4 is 0 Å². The van der Waals surface area contributed by atoms with Crippen molar-refractivity contribution in [3.8, 4) is 0 Å². The molecule has 2 amide bonds. The van der Waals surface area contributed by atoms with Gasteiger partial charge in [-0.05, 0) is 32.6 Å². The summed E-state index contributed by atoms with van der Waals surface area (Å²) in [5.41, 5.74) is 0. The molecule has 2 saturated heterocycles. The third kappa shape index (κ3) is 4.43. The summed E-state index contributed by atoms with van der Waals surface area (Å²) in [6.07, 6.45) is 14.0. The summed E-state index contributed by atoms with van der Waals surface area (Å²) in [6, 6.07) is -0.525. The van der Waals surface area contributed by atoms with Gasteiger partial charge in [-0.25, -0.2) is 0 Å². The molecule has 0 radical (unpaired) electrons. The Kier molecular flexibility index (Phi) is 8.08. The Labute approximate surface area is 206 Å². The number of esters is 1. The second-order valence-electron chi connectivity index (χ2n) is 9.93. The summed E-state index contributed by atoms with van der Waals surface area (Å²) in [5.74, 6) is -1.59. The van der Waals surface area contributed by atoms with Gasteiger partial charge in [-0.1, -0.05) is 50.5 Å². The number of aliphatic hydroxyl groups excluding tert-OH is 1. The predicted octanol–water partition coefficient (Wildman–Crippen LogP) is 2.93. The smallest absolute Gasteiger partial charge is 0.311 e. The van der Waals surface area contributed by atoms with E-state index in [9.17, 15) is 14.4 Å². The molecule has 4 heterocycles.